The molecule has 0 bridgehead atoms. The van der Waals surface area contributed by atoms with E-state index in [9.17, 15) is 0 Å². The van der Waals surface area contributed by atoms with Crippen LogP contribution in [0.15, 0.2) is 36.4 Å². The Bertz CT molecular complexity index is 581. The summed E-state index contributed by atoms with van der Waals surface area (Å²) in [6.07, 6.45) is -0.161. The number of hydrogen-bond acceptors (Lipinski definition) is 4. The Labute approximate surface area is 117 Å². The van der Waals surface area contributed by atoms with E-state index in [1.807, 2.05) is 6.92 Å². The van der Waals surface area contributed by atoms with Gasteiger partial charge in [-0.3, -0.25) is 0 Å². The number of ether oxygens (including phenoxy) is 1. The average molecular weight is 272 g/mol. The first kappa shape index (κ1) is 13.6. The van der Waals surface area contributed by atoms with Crippen LogP contribution in [0.1, 0.15) is 28.3 Å². The van der Waals surface area contributed by atoms with Gasteiger partial charge in [-0.2, -0.15) is 5.26 Å². The average Bonchev–Trinajstić information content (AvgIpc) is 2.82. The van der Waals surface area contributed by atoms with Gasteiger partial charge in [-0.25, -0.2) is 0 Å². The van der Waals surface area contributed by atoms with E-state index in [0.29, 0.717) is 5.56 Å². The zero-order valence-electron chi connectivity index (χ0n) is 11.0. The first-order chi connectivity index (χ1) is 9.10. The second-order valence-corrected chi connectivity index (χ2v) is 5.80. The van der Waals surface area contributed by atoms with Gasteiger partial charge in [0.2, 0.25) is 0 Å². The van der Waals surface area contributed by atoms with Gasteiger partial charge in [0.15, 0.2) is 0 Å². The molecular weight excluding hydrogens is 256 g/mol. The Hall–Kier alpha value is -1.83. The van der Waals surface area contributed by atoms with Gasteiger partial charge in [0.1, 0.15) is 11.9 Å². The number of aryl methyl sites for hydroxylation is 1. The van der Waals surface area contributed by atoms with Gasteiger partial charge in [-0.05, 0) is 50.2 Å². The molecule has 2 unspecified atom stereocenters. The predicted octanol–water partition coefficient (Wildman–Crippen LogP) is 3.40. The predicted molar refractivity (Wildman–Crippen MR) is 77.2 cm³/mol. The molecule has 2 atom stereocenters. The van der Waals surface area contributed by atoms with Crippen molar-refractivity contribution in [3.63, 3.8) is 0 Å². The SMILES string of the molecule is Cc1ccc(C(Oc2ccc(C#N)cc2)C(C)N)s1. The Morgan fingerprint density at radius 3 is 2.37 bits per heavy atom. The summed E-state index contributed by atoms with van der Waals surface area (Å²) in [7, 11) is 0. The molecule has 0 aliphatic heterocycles. The summed E-state index contributed by atoms with van der Waals surface area (Å²) in [4.78, 5) is 2.36. The summed E-state index contributed by atoms with van der Waals surface area (Å²) < 4.78 is 5.95. The Morgan fingerprint density at radius 1 is 1.21 bits per heavy atom. The van der Waals surface area contributed by atoms with Crippen molar-refractivity contribution in [2.75, 3.05) is 0 Å². The van der Waals surface area contributed by atoms with E-state index < -0.39 is 0 Å². The number of nitrogens with zero attached hydrogens (tertiary/aromatic N) is 1. The smallest absolute Gasteiger partial charge is 0.148 e. The third-order valence-corrected chi connectivity index (χ3v) is 3.83. The number of benzene rings is 1. The maximum Gasteiger partial charge on any atom is 0.148 e. The van der Waals surface area contributed by atoms with Gasteiger partial charge < -0.3 is 10.5 Å². The van der Waals surface area contributed by atoms with Crippen LogP contribution in [0.5, 0.6) is 5.75 Å². The molecule has 1 aromatic carbocycles. The largest absolute Gasteiger partial charge is 0.483 e. The molecule has 0 aliphatic carbocycles. The van der Waals surface area contributed by atoms with Crippen LogP contribution in [0.4, 0.5) is 0 Å². The molecule has 0 radical (unpaired) electrons. The van der Waals surface area contributed by atoms with Crippen molar-refractivity contribution in [3.05, 3.63) is 51.7 Å². The lowest BCUT2D eigenvalue weighted by Gasteiger charge is -2.21. The summed E-state index contributed by atoms with van der Waals surface area (Å²) in [6.45, 7) is 4.00. The molecular formula is C15H16N2OS. The molecule has 2 aromatic rings. The number of nitrogens with two attached hydrogens (primary N) is 1. The molecule has 2 rings (SSSR count). The van der Waals surface area contributed by atoms with Crippen LogP contribution in [0.3, 0.4) is 0 Å². The van der Waals surface area contributed by atoms with E-state index in [2.05, 4.69) is 25.1 Å². The molecule has 0 aliphatic rings. The number of nitriles is 1. The highest BCUT2D eigenvalue weighted by Gasteiger charge is 2.19. The summed E-state index contributed by atoms with van der Waals surface area (Å²) in [6, 6.07) is 13.2. The molecule has 4 heteroatoms. The number of rotatable bonds is 4. The molecule has 0 saturated carbocycles. The molecule has 0 fully saturated rings. The van der Waals surface area contributed by atoms with E-state index in [-0.39, 0.29) is 12.1 Å². The minimum absolute atomic E-state index is 0.103. The topological polar surface area (TPSA) is 59.0 Å². The van der Waals surface area contributed by atoms with Crippen LogP contribution >= 0.6 is 11.3 Å². The van der Waals surface area contributed by atoms with Crippen LogP contribution in [-0.2, 0) is 0 Å². The number of thiophene rings is 1. The third-order valence-electron chi connectivity index (χ3n) is 2.77. The first-order valence-electron chi connectivity index (χ1n) is 6.09. The van der Waals surface area contributed by atoms with Gasteiger partial charge in [0.25, 0.3) is 0 Å². The molecule has 1 aromatic heterocycles. The molecule has 98 valence electrons. The summed E-state index contributed by atoms with van der Waals surface area (Å²) in [5, 5.41) is 8.77. The van der Waals surface area contributed by atoms with Crippen LogP contribution in [0.25, 0.3) is 0 Å². The molecule has 3 nitrogen and oxygen atoms in total. The summed E-state index contributed by atoms with van der Waals surface area (Å²) >= 11 is 1.69. The standard InChI is InChI=1S/C15H16N2OS/c1-10-3-8-14(19-10)15(11(2)17)18-13-6-4-12(9-16)5-7-13/h3-8,11,15H,17H2,1-2H3. The van der Waals surface area contributed by atoms with Crippen molar-refractivity contribution in [2.24, 2.45) is 5.73 Å². The van der Waals surface area contributed by atoms with Crippen LogP contribution in [0.2, 0.25) is 0 Å². The normalized spacial score (nSPS) is 13.6. The highest BCUT2D eigenvalue weighted by atomic mass is 32.1. The third kappa shape index (κ3) is 3.34. The first-order valence-corrected chi connectivity index (χ1v) is 6.90. The van der Waals surface area contributed by atoms with E-state index >= 15 is 0 Å². The number of hydrogen-bond donors (Lipinski definition) is 1. The van der Waals surface area contributed by atoms with Crippen LogP contribution < -0.4 is 10.5 Å². The minimum atomic E-state index is -0.161. The van der Waals surface area contributed by atoms with Gasteiger partial charge in [0.05, 0.1) is 11.6 Å². The van der Waals surface area contributed by atoms with Crippen molar-refractivity contribution in [1.29, 1.82) is 5.26 Å². The van der Waals surface area contributed by atoms with E-state index in [4.69, 9.17) is 15.7 Å². The van der Waals surface area contributed by atoms with E-state index in [1.165, 1.54) is 4.88 Å². The molecule has 0 spiro atoms. The quantitative estimate of drug-likeness (QED) is 0.928. The van der Waals surface area contributed by atoms with Gasteiger partial charge in [-0.1, -0.05) is 0 Å². The molecule has 0 saturated heterocycles. The van der Waals surface area contributed by atoms with Crippen molar-refractivity contribution in [2.45, 2.75) is 26.0 Å². The molecule has 19 heavy (non-hydrogen) atoms. The maximum atomic E-state index is 8.77. The molecule has 1 heterocycles. The Morgan fingerprint density at radius 2 is 1.89 bits per heavy atom. The van der Waals surface area contributed by atoms with E-state index in [1.54, 1.807) is 35.6 Å². The van der Waals surface area contributed by atoms with Crippen molar-refractivity contribution < 1.29 is 4.74 Å². The van der Waals surface area contributed by atoms with Crippen molar-refractivity contribution in [1.82, 2.24) is 0 Å². The highest BCUT2D eigenvalue weighted by Crippen LogP contribution is 2.29. The maximum absolute atomic E-state index is 8.77. The lowest BCUT2D eigenvalue weighted by molar-refractivity contribution is 0.184. The van der Waals surface area contributed by atoms with Crippen LogP contribution in [0, 0.1) is 18.3 Å². The second-order valence-electron chi connectivity index (χ2n) is 4.48. The minimum Gasteiger partial charge on any atom is -0.483 e. The zero-order chi connectivity index (χ0) is 13.8. The summed E-state index contributed by atoms with van der Waals surface area (Å²) in [5.41, 5.74) is 6.63. The fraction of sp³-hybridized carbons (Fsp3) is 0.267. The second kappa shape index (κ2) is 5.87. The lowest BCUT2D eigenvalue weighted by Crippen LogP contribution is -2.28. The lowest BCUT2D eigenvalue weighted by atomic mass is 10.1. The van der Waals surface area contributed by atoms with Gasteiger partial charge in [0, 0.05) is 15.8 Å². The van der Waals surface area contributed by atoms with Gasteiger partial charge >= 0.3 is 0 Å². The Balaban J connectivity index is 2.19. The molecule has 0 amide bonds. The van der Waals surface area contributed by atoms with E-state index in [0.717, 1.165) is 10.6 Å². The van der Waals surface area contributed by atoms with Crippen molar-refractivity contribution in [3.8, 4) is 11.8 Å². The highest BCUT2D eigenvalue weighted by molar-refractivity contribution is 7.12. The van der Waals surface area contributed by atoms with Crippen molar-refractivity contribution >= 4 is 11.3 Å². The monoisotopic (exact) mass is 272 g/mol. The molecule has 2 N–H and O–H groups in total. The fourth-order valence-corrected chi connectivity index (χ4v) is 2.81. The fourth-order valence-electron chi connectivity index (χ4n) is 1.79. The van der Waals surface area contributed by atoms with Gasteiger partial charge in [-0.15, -0.1) is 11.3 Å². The Kier molecular flexibility index (Phi) is 4.20. The van der Waals surface area contributed by atoms with Crippen LogP contribution in [-0.4, -0.2) is 6.04 Å². The summed E-state index contributed by atoms with van der Waals surface area (Å²) in [5.74, 6) is 0.729. The zero-order valence-corrected chi connectivity index (χ0v) is 11.8.